The van der Waals surface area contributed by atoms with Crippen molar-refractivity contribution in [1.82, 2.24) is 4.98 Å². The Bertz CT molecular complexity index is 271. The summed E-state index contributed by atoms with van der Waals surface area (Å²) in [6.45, 7) is 5.36. The largest absolute Gasteiger partial charge is 0.388 e. The van der Waals surface area contributed by atoms with Crippen LogP contribution in [0.15, 0.2) is 18.3 Å². The Balaban J connectivity index is 2.33. The van der Waals surface area contributed by atoms with Crippen LogP contribution in [0.3, 0.4) is 0 Å². The van der Waals surface area contributed by atoms with Crippen LogP contribution < -0.4 is 0 Å². The lowest BCUT2D eigenvalue weighted by Gasteiger charge is -2.10. The van der Waals surface area contributed by atoms with E-state index in [4.69, 9.17) is 4.74 Å². The average Bonchev–Trinajstić information content (AvgIpc) is 2.25. The van der Waals surface area contributed by atoms with Gasteiger partial charge in [-0.05, 0) is 25.0 Å². The summed E-state index contributed by atoms with van der Waals surface area (Å²) in [5, 5.41) is 9.79. The lowest BCUT2D eigenvalue weighted by atomic mass is 10.1. The molecule has 0 saturated heterocycles. The first-order valence-corrected chi connectivity index (χ1v) is 5.42. The Morgan fingerprint density at radius 1 is 1.40 bits per heavy atom. The molecule has 3 heteroatoms. The molecule has 0 aliphatic rings. The molecule has 0 spiro atoms. The molecule has 84 valence electrons. The van der Waals surface area contributed by atoms with E-state index in [9.17, 15) is 5.11 Å². The fourth-order valence-corrected chi connectivity index (χ4v) is 1.28. The Morgan fingerprint density at radius 2 is 2.20 bits per heavy atom. The lowest BCUT2D eigenvalue weighted by Crippen LogP contribution is -2.04. The van der Waals surface area contributed by atoms with Crippen molar-refractivity contribution in [1.29, 1.82) is 0 Å². The Hall–Kier alpha value is -0.930. The topological polar surface area (TPSA) is 42.4 Å². The number of rotatable bonds is 6. The second kappa shape index (κ2) is 6.53. The molecule has 0 saturated carbocycles. The molecule has 15 heavy (non-hydrogen) atoms. The van der Waals surface area contributed by atoms with Crippen LogP contribution in [0.4, 0.5) is 0 Å². The number of hydrogen-bond donors (Lipinski definition) is 1. The normalized spacial score (nSPS) is 12.7. The van der Waals surface area contributed by atoms with Gasteiger partial charge >= 0.3 is 0 Å². The van der Waals surface area contributed by atoms with Crippen molar-refractivity contribution >= 4 is 0 Å². The van der Waals surface area contributed by atoms with Crippen LogP contribution in [-0.4, -0.2) is 23.3 Å². The van der Waals surface area contributed by atoms with Gasteiger partial charge in [0.1, 0.15) is 0 Å². The summed E-state index contributed by atoms with van der Waals surface area (Å²) in [6, 6.07) is 3.82. The maximum Gasteiger partial charge on any atom is 0.0826 e. The summed E-state index contributed by atoms with van der Waals surface area (Å²) in [7, 11) is 0. The summed E-state index contributed by atoms with van der Waals surface area (Å²) < 4.78 is 5.32. The highest BCUT2D eigenvalue weighted by molar-refractivity contribution is 5.15. The second-order valence-corrected chi connectivity index (χ2v) is 3.65. The van der Waals surface area contributed by atoms with Gasteiger partial charge in [-0.3, -0.25) is 4.98 Å². The highest BCUT2D eigenvalue weighted by atomic mass is 16.5. The van der Waals surface area contributed by atoms with E-state index in [1.54, 1.807) is 6.20 Å². The summed E-state index contributed by atoms with van der Waals surface area (Å²) in [4.78, 5) is 4.14. The van der Waals surface area contributed by atoms with E-state index < -0.39 is 6.10 Å². The second-order valence-electron chi connectivity index (χ2n) is 3.65. The number of aryl methyl sites for hydroxylation is 1. The Morgan fingerprint density at radius 3 is 2.80 bits per heavy atom. The maximum absolute atomic E-state index is 9.79. The first-order chi connectivity index (χ1) is 7.24. The average molecular weight is 209 g/mol. The van der Waals surface area contributed by atoms with Gasteiger partial charge < -0.3 is 9.84 Å². The monoisotopic (exact) mass is 209 g/mol. The number of ether oxygens (including phenoxy) is 1. The minimum Gasteiger partial charge on any atom is -0.388 e. The molecule has 0 aliphatic heterocycles. The molecule has 1 aromatic rings. The zero-order valence-corrected chi connectivity index (χ0v) is 9.44. The van der Waals surface area contributed by atoms with Gasteiger partial charge in [-0.1, -0.05) is 13.0 Å². The molecule has 1 rings (SSSR count). The molecule has 1 aromatic heterocycles. The number of aromatic nitrogens is 1. The van der Waals surface area contributed by atoms with Crippen molar-refractivity contribution in [3.63, 3.8) is 0 Å². The van der Waals surface area contributed by atoms with Gasteiger partial charge in [0.15, 0.2) is 0 Å². The van der Waals surface area contributed by atoms with Gasteiger partial charge in [-0.15, -0.1) is 0 Å². The smallest absolute Gasteiger partial charge is 0.0826 e. The third-order valence-electron chi connectivity index (χ3n) is 2.20. The highest BCUT2D eigenvalue weighted by Gasteiger charge is 2.06. The molecule has 1 N–H and O–H groups in total. The Labute approximate surface area is 91.1 Å². The first-order valence-electron chi connectivity index (χ1n) is 5.42. The summed E-state index contributed by atoms with van der Waals surface area (Å²) in [5.41, 5.74) is 1.83. The van der Waals surface area contributed by atoms with Gasteiger partial charge in [0.2, 0.25) is 0 Å². The molecule has 0 fully saturated rings. The molecule has 0 radical (unpaired) electrons. The molecule has 1 heterocycles. The molecule has 3 nitrogen and oxygen atoms in total. The molecule has 0 bridgehead atoms. The van der Waals surface area contributed by atoms with Gasteiger partial charge in [0.25, 0.3) is 0 Å². The van der Waals surface area contributed by atoms with Gasteiger partial charge in [0.05, 0.1) is 6.10 Å². The number of aliphatic hydroxyl groups excluding tert-OH is 1. The third-order valence-corrected chi connectivity index (χ3v) is 2.20. The maximum atomic E-state index is 9.79. The van der Waals surface area contributed by atoms with Gasteiger partial charge in [0, 0.05) is 31.5 Å². The van der Waals surface area contributed by atoms with E-state index in [-0.39, 0.29) is 0 Å². The third kappa shape index (κ3) is 4.40. The van der Waals surface area contributed by atoms with Crippen molar-refractivity contribution in [3.05, 3.63) is 29.6 Å². The predicted molar refractivity (Wildman–Crippen MR) is 59.7 cm³/mol. The minimum atomic E-state index is -0.463. The molecule has 1 atom stereocenters. The molecular weight excluding hydrogens is 190 g/mol. The number of pyridine rings is 1. The van der Waals surface area contributed by atoms with E-state index in [0.717, 1.165) is 24.3 Å². The van der Waals surface area contributed by atoms with E-state index >= 15 is 0 Å². The molecular formula is C12H19NO2. The summed E-state index contributed by atoms with van der Waals surface area (Å²) >= 11 is 0. The predicted octanol–water partition coefficient (Wildman–Crippen LogP) is 2.24. The van der Waals surface area contributed by atoms with Crippen LogP contribution in [-0.2, 0) is 4.74 Å². The standard InChI is InChI=1S/C12H19NO2/c1-3-7-15-8-6-12(14)11-5-4-10(2)13-9-11/h4-5,9,12,14H,3,6-8H2,1-2H3. The fourth-order valence-electron chi connectivity index (χ4n) is 1.28. The van der Waals surface area contributed by atoms with Crippen molar-refractivity contribution in [3.8, 4) is 0 Å². The van der Waals surface area contributed by atoms with E-state index in [2.05, 4.69) is 11.9 Å². The number of hydrogen-bond acceptors (Lipinski definition) is 3. The quantitative estimate of drug-likeness (QED) is 0.731. The summed E-state index contributed by atoms with van der Waals surface area (Å²) in [6.07, 6.45) is 2.90. The SMILES string of the molecule is CCCOCCC(O)c1ccc(C)nc1. The number of nitrogens with zero attached hydrogens (tertiary/aromatic N) is 1. The van der Waals surface area contributed by atoms with Gasteiger partial charge in [-0.25, -0.2) is 0 Å². The van der Waals surface area contributed by atoms with Crippen LogP contribution in [0, 0.1) is 6.92 Å². The van der Waals surface area contributed by atoms with Crippen LogP contribution in [0.2, 0.25) is 0 Å². The van der Waals surface area contributed by atoms with Crippen LogP contribution >= 0.6 is 0 Å². The van der Waals surface area contributed by atoms with Crippen LogP contribution in [0.25, 0.3) is 0 Å². The van der Waals surface area contributed by atoms with Crippen molar-refractivity contribution < 1.29 is 9.84 Å². The van der Waals surface area contributed by atoms with Crippen LogP contribution in [0.5, 0.6) is 0 Å². The van der Waals surface area contributed by atoms with Crippen molar-refractivity contribution in [2.24, 2.45) is 0 Å². The van der Waals surface area contributed by atoms with Crippen molar-refractivity contribution in [2.45, 2.75) is 32.8 Å². The fraction of sp³-hybridized carbons (Fsp3) is 0.583. The number of aliphatic hydroxyl groups is 1. The minimum absolute atomic E-state index is 0.463. The zero-order valence-electron chi connectivity index (χ0n) is 9.44. The van der Waals surface area contributed by atoms with Crippen LogP contribution in [0.1, 0.15) is 37.1 Å². The molecule has 0 aliphatic carbocycles. The lowest BCUT2D eigenvalue weighted by molar-refractivity contribution is 0.0820. The summed E-state index contributed by atoms with van der Waals surface area (Å²) in [5.74, 6) is 0. The van der Waals surface area contributed by atoms with Crippen molar-refractivity contribution in [2.75, 3.05) is 13.2 Å². The van der Waals surface area contributed by atoms with E-state index in [0.29, 0.717) is 13.0 Å². The first kappa shape index (κ1) is 12.1. The van der Waals surface area contributed by atoms with Gasteiger partial charge in [-0.2, -0.15) is 0 Å². The molecule has 0 aromatic carbocycles. The zero-order chi connectivity index (χ0) is 11.1. The van der Waals surface area contributed by atoms with E-state index in [1.165, 1.54) is 0 Å². The Kier molecular flexibility index (Phi) is 5.29. The van der Waals surface area contributed by atoms with E-state index in [1.807, 2.05) is 19.1 Å². The highest BCUT2D eigenvalue weighted by Crippen LogP contribution is 2.15. The molecule has 1 unspecified atom stereocenters. The molecule has 0 amide bonds.